The van der Waals surface area contributed by atoms with Gasteiger partial charge in [-0.25, -0.2) is 4.79 Å². The van der Waals surface area contributed by atoms with Crippen molar-refractivity contribution in [3.05, 3.63) is 35.9 Å². The van der Waals surface area contributed by atoms with E-state index < -0.39 is 5.60 Å². The second-order valence-electron chi connectivity index (χ2n) is 7.39. The molecule has 4 nitrogen and oxygen atoms in total. The summed E-state index contributed by atoms with van der Waals surface area (Å²) in [6.07, 6.45) is 3.07. The molecule has 22 heavy (non-hydrogen) atoms. The summed E-state index contributed by atoms with van der Waals surface area (Å²) >= 11 is 0. The summed E-state index contributed by atoms with van der Waals surface area (Å²) in [5.41, 5.74) is 0.862. The molecule has 0 aromatic heterocycles. The van der Waals surface area contributed by atoms with Gasteiger partial charge in [-0.1, -0.05) is 30.3 Å². The van der Waals surface area contributed by atoms with Crippen molar-refractivity contribution in [2.75, 3.05) is 0 Å². The highest BCUT2D eigenvalue weighted by Gasteiger charge is 2.49. The summed E-state index contributed by atoms with van der Waals surface area (Å²) in [6, 6.07) is 11.4. The fourth-order valence-corrected chi connectivity index (χ4v) is 3.65. The van der Waals surface area contributed by atoms with E-state index in [1.807, 2.05) is 31.7 Å². The standard InChI is InChI=1S/C18H26N2O2/c1-18(2,3)22-17(21)20-14-9-10-16(20)15(11-14)19-12-13-7-5-4-6-8-13/h4-8,14-16,19H,9-12H2,1-3H3/t14-,15+,16+/m1/s1. The van der Waals surface area contributed by atoms with Crippen LogP contribution in [0.1, 0.15) is 45.6 Å². The molecule has 1 amide bonds. The zero-order chi connectivity index (χ0) is 15.7. The Morgan fingerprint density at radius 3 is 2.68 bits per heavy atom. The Balaban J connectivity index is 1.59. The van der Waals surface area contributed by atoms with Crippen LogP contribution in [-0.4, -0.2) is 34.7 Å². The molecular formula is C18H26N2O2. The first kappa shape index (κ1) is 15.3. The number of fused-ring (bicyclic) bond motifs is 2. The zero-order valence-corrected chi connectivity index (χ0v) is 13.7. The Hall–Kier alpha value is -1.55. The molecule has 1 N–H and O–H groups in total. The van der Waals surface area contributed by atoms with Gasteiger partial charge in [-0.15, -0.1) is 0 Å². The third kappa shape index (κ3) is 3.27. The number of nitrogens with zero attached hydrogens (tertiary/aromatic N) is 1. The van der Waals surface area contributed by atoms with E-state index in [4.69, 9.17) is 4.74 Å². The van der Waals surface area contributed by atoms with Gasteiger partial charge in [0.15, 0.2) is 0 Å². The van der Waals surface area contributed by atoms with Gasteiger partial charge in [-0.2, -0.15) is 0 Å². The second kappa shape index (κ2) is 5.92. The molecule has 0 spiro atoms. The molecule has 0 radical (unpaired) electrons. The zero-order valence-electron chi connectivity index (χ0n) is 13.7. The van der Waals surface area contributed by atoms with Gasteiger partial charge in [0.2, 0.25) is 0 Å². The lowest BCUT2D eigenvalue weighted by atomic mass is 9.95. The topological polar surface area (TPSA) is 41.6 Å². The van der Waals surface area contributed by atoms with Crippen LogP contribution in [0.5, 0.6) is 0 Å². The van der Waals surface area contributed by atoms with Crippen LogP contribution >= 0.6 is 0 Å². The minimum absolute atomic E-state index is 0.149. The number of nitrogens with one attached hydrogen (secondary N) is 1. The van der Waals surface area contributed by atoms with Gasteiger partial charge in [0.05, 0.1) is 6.04 Å². The molecule has 2 aliphatic rings. The molecule has 120 valence electrons. The molecule has 2 saturated heterocycles. The third-order valence-corrected chi connectivity index (χ3v) is 4.55. The highest BCUT2D eigenvalue weighted by atomic mass is 16.6. The van der Waals surface area contributed by atoms with Gasteiger partial charge in [-0.05, 0) is 45.6 Å². The lowest BCUT2D eigenvalue weighted by Gasteiger charge is -2.28. The van der Waals surface area contributed by atoms with Gasteiger partial charge in [0.1, 0.15) is 5.60 Å². The third-order valence-electron chi connectivity index (χ3n) is 4.55. The smallest absolute Gasteiger partial charge is 0.410 e. The first-order chi connectivity index (χ1) is 10.4. The van der Waals surface area contributed by atoms with Crippen LogP contribution in [0.2, 0.25) is 0 Å². The van der Waals surface area contributed by atoms with Crippen LogP contribution in [0.3, 0.4) is 0 Å². The van der Waals surface area contributed by atoms with Crippen molar-refractivity contribution >= 4 is 6.09 Å². The molecule has 2 bridgehead atoms. The first-order valence-electron chi connectivity index (χ1n) is 8.23. The maximum Gasteiger partial charge on any atom is 0.410 e. The number of benzene rings is 1. The van der Waals surface area contributed by atoms with E-state index in [0.717, 1.165) is 25.8 Å². The van der Waals surface area contributed by atoms with Crippen LogP contribution in [0.15, 0.2) is 30.3 Å². The minimum Gasteiger partial charge on any atom is -0.444 e. The minimum atomic E-state index is -0.425. The number of ether oxygens (including phenoxy) is 1. The Morgan fingerprint density at radius 2 is 2.00 bits per heavy atom. The maximum absolute atomic E-state index is 12.4. The van der Waals surface area contributed by atoms with E-state index in [9.17, 15) is 4.79 Å². The number of rotatable bonds is 3. The quantitative estimate of drug-likeness (QED) is 0.931. The molecule has 3 atom stereocenters. The SMILES string of the molecule is CC(C)(C)OC(=O)N1[C@@H]2CC[C@H]1[C@@H](NCc1ccccc1)C2. The van der Waals surface area contributed by atoms with E-state index in [-0.39, 0.29) is 12.1 Å². The number of hydrogen-bond acceptors (Lipinski definition) is 3. The van der Waals surface area contributed by atoms with Crippen molar-refractivity contribution in [3.63, 3.8) is 0 Å². The molecule has 2 fully saturated rings. The van der Waals surface area contributed by atoms with Crippen LogP contribution in [-0.2, 0) is 11.3 Å². The molecule has 0 unspecified atom stereocenters. The highest BCUT2D eigenvalue weighted by Crippen LogP contribution is 2.38. The predicted molar refractivity (Wildman–Crippen MR) is 86.6 cm³/mol. The van der Waals surface area contributed by atoms with Crippen molar-refractivity contribution in [3.8, 4) is 0 Å². The number of carbonyl (C=O) groups excluding carboxylic acids is 1. The van der Waals surface area contributed by atoms with E-state index in [1.165, 1.54) is 5.56 Å². The van der Waals surface area contributed by atoms with Gasteiger partial charge in [0.25, 0.3) is 0 Å². The van der Waals surface area contributed by atoms with Crippen LogP contribution < -0.4 is 5.32 Å². The first-order valence-corrected chi connectivity index (χ1v) is 8.23. The Kier molecular flexibility index (Phi) is 4.13. The van der Waals surface area contributed by atoms with Gasteiger partial charge in [-0.3, -0.25) is 0 Å². The highest BCUT2D eigenvalue weighted by molar-refractivity contribution is 5.70. The van der Waals surface area contributed by atoms with Crippen LogP contribution in [0.25, 0.3) is 0 Å². The molecule has 2 aliphatic heterocycles. The Bertz CT molecular complexity index is 524. The monoisotopic (exact) mass is 302 g/mol. The fraction of sp³-hybridized carbons (Fsp3) is 0.611. The molecule has 3 rings (SSSR count). The number of carbonyl (C=O) groups is 1. The number of hydrogen-bond donors (Lipinski definition) is 1. The van der Waals surface area contributed by atoms with Crippen molar-refractivity contribution in [1.82, 2.24) is 10.2 Å². The van der Waals surface area contributed by atoms with Crippen molar-refractivity contribution < 1.29 is 9.53 Å². The van der Waals surface area contributed by atoms with Crippen LogP contribution in [0, 0.1) is 0 Å². The maximum atomic E-state index is 12.4. The van der Waals surface area contributed by atoms with Gasteiger partial charge >= 0.3 is 6.09 Å². The van der Waals surface area contributed by atoms with Crippen molar-refractivity contribution in [2.45, 2.75) is 70.3 Å². The largest absolute Gasteiger partial charge is 0.444 e. The van der Waals surface area contributed by atoms with Gasteiger partial charge in [0, 0.05) is 18.6 Å². The van der Waals surface area contributed by atoms with Crippen molar-refractivity contribution in [1.29, 1.82) is 0 Å². The molecule has 1 aromatic rings. The average Bonchev–Trinajstić information content (AvgIpc) is 3.02. The summed E-state index contributed by atoms with van der Waals surface area (Å²) in [5, 5.41) is 3.63. The van der Waals surface area contributed by atoms with E-state index in [1.54, 1.807) is 0 Å². The van der Waals surface area contributed by atoms with Gasteiger partial charge < -0.3 is 15.0 Å². The van der Waals surface area contributed by atoms with Crippen molar-refractivity contribution in [2.24, 2.45) is 0 Å². The fourth-order valence-electron chi connectivity index (χ4n) is 3.65. The summed E-state index contributed by atoms with van der Waals surface area (Å²) in [4.78, 5) is 14.4. The molecule has 1 aromatic carbocycles. The predicted octanol–water partition coefficient (Wildman–Crippen LogP) is 3.32. The molecule has 4 heteroatoms. The van der Waals surface area contributed by atoms with E-state index >= 15 is 0 Å². The molecule has 0 saturated carbocycles. The van der Waals surface area contributed by atoms with E-state index in [2.05, 4.69) is 29.6 Å². The summed E-state index contributed by atoms with van der Waals surface area (Å²) < 4.78 is 5.57. The molecular weight excluding hydrogens is 276 g/mol. The summed E-state index contributed by atoms with van der Waals surface area (Å²) in [7, 11) is 0. The second-order valence-corrected chi connectivity index (χ2v) is 7.39. The van der Waals surface area contributed by atoms with Crippen LogP contribution in [0.4, 0.5) is 4.79 Å². The van der Waals surface area contributed by atoms with E-state index in [0.29, 0.717) is 12.1 Å². The normalized spacial score (nSPS) is 27.2. The molecule has 2 heterocycles. The summed E-state index contributed by atoms with van der Waals surface area (Å²) in [5.74, 6) is 0. The molecule has 0 aliphatic carbocycles. The Labute approximate surface area is 132 Å². The lowest BCUT2D eigenvalue weighted by Crippen LogP contribution is -2.44. The Morgan fingerprint density at radius 1 is 1.27 bits per heavy atom. The number of amides is 1. The average molecular weight is 302 g/mol. The summed E-state index contributed by atoms with van der Waals surface area (Å²) in [6.45, 7) is 6.63. The lowest BCUT2D eigenvalue weighted by molar-refractivity contribution is 0.0210.